The average Bonchev–Trinajstić information content (AvgIpc) is 2.99. The van der Waals surface area contributed by atoms with Crippen molar-refractivity contribution in [2.75, 3.05) is 6.79 Å². The Hall–Kier alpha value is -2.01. The fourth-order valence-corrected chi connectivity index (χ4v) is 2.03. The molecule has 0 unspecified atom stereocenters. The Morgan fingerprint density at radius 2 is 2.22 bits per heavy atom. The van der Waals surface area contributed by atoms with Crippen LogP contribution in [0.15, 0.2) is 30.5 Å². The van der Waals surface area contributed by atoms with Crippen molar-refractivity contribution in [3.8, 4) is 11.5 Å². The van der Waals surface area contributed by atoms with Gasteiger partial charge in [0.15, 0.2) is 11.5 Å². The monoisotopic (exact) mass is 245 g/mol. The van der Waals surface area contributed by atoms with Crippen LogP contribution in [0.4, 0.5) is 0 Å². The maximum atomic E-state index is 5.46. The number of aryl methyl sites for hydroxylation is 1. The van der Waals surface area contributed by atoms with Crippen molar-refractivity contribution in [2.24, 2.45) is 7.05 Å². The first-order valence-electron chi connectivity index (χ1n) is 5.89. The summed E-state index contributed by atoms with van der Waals surface area (Å²) in [5.74, 6) is 1.69. The lowest BCUT2D eigenvalue weighted by Gasteiger charge is -2.07. The van der Waals surface area contributed by atoms with Crippen LogP contribution in [0.5, 0.6) is 11.5 Å². The van der Waals surface area contributed by atoms with Crippen molar-refractivity contribution in [3.05, 3.63) is 41.7 Å². The first kappa shape index (κ1) is 11.1. The Morgan fingerprint density at radius 3 is 3.06 bits per heavy atom. The molecule has 1 aromatic carbocycles. The van der Waals surface area contributed by atoms with Crippen LogP contribution in [0.2, 0.25) is 0 Å². The second-order valence-corrected chi connectivity index (χ2v) is 4.20. The molecule has 2 heterocycles. The number of rotatable bonds is 4. The number of hydrogen-bond donors (Lipinski definition) is 1. The van der Waals surface area contributed by atoms with Gasteiger partial charge >= 0.3 is 0 Å². The molecule has 1 N–H and O–H groups in total. The summed E-state index contributed by atoms with van der Waals surface area (Å²) in [5.41, 5.74) is 2.27. The highest BCUT2D eigenvalue weighted by Crippen LogP contribution is 2.35. The fourth-order valence-electron chi connectivity index (χ4n) is 2.03. The molecule has 0 atom stereocenters. The van der Waals surface area contributed by atoms with Gasteiger partial charge in [-0.2, -0.15) is 5.10 Å². The minimum Gasteiger partial charge on any atom is -0.454 e. The van der Waals surface area contributed by atoms with Crippen LogP contribution in [0, 0.1) is 0 Å². The van der Waals surface area contributed by atoms with E-state index >= 15 is 0 Å². The van der Waals surface area contributed by atoms with Gasteiger partial charge in [-0.1, -0.05) is 12.1 Å². The summed E-state index contributed by atoms with van der Waals surface area (Å²) in [4.78, 5) is 0. The lowest BCUT2D eigenvalue weighted by atomic mass is 10.2. The molecule has 0 aliphatic carbocycles. The van der Waals surface area contributed by atoms with E-state index in [0.29, 0.717) is 6.79 Å². The van der Waals surface area contributed by atoms with Crippen LogP contribution in [-0.2, 0) is 20.1 Å². The molecule has 0 fully saturated rings. The summed E-state index contributed by atoms with van der Waals surface area (Å²) in [5, 5.41) is 7.51. The first-order valence-corrected chi connectivity index (χ1v) is 5.89. The van der Waals surface area contributed by atoms with Gasteiger partial charge in [0.1, 0.15) is 0 Å². The van der Waals surface area contributed by atoms with Crippen molar-refractivity contribution >= 4 is 0 Å². The van der Waals surface area contributed by atoms with Gasteiger partial charge in [0.05, 0.1) is 5.69 Å². The molecule has 0 spiro atoms. The van der Waals surface area contributed by atoms with E-state index in [4.69, 9.17) is 9.47 Å². The molecule has 1 aliphatic rings. The fraction of sp³-hybridized carbons (Fsp3) is 0.308. The molecule has 0 saturated carbocycles. The van der Waals surface area contributed by atoms with E-state index in [2.05, 4.69) is 10.4 Å². The SMILES string of the molecule is Cn1nccc1CNCc1cccc2c1OCO2. The van der Waals surface area contributed by atoms with Gasteiger partial charge < -0.3 is 14.8 Å². The minimum atomic E-state index is 0.314. The van der Waals surface area contributed by atoms with E-state index in [1.54, 1.807) is 6.20 Å². The number of nitrogens with zero attached hydrogens (tertiary/aromatic N) is 2. The van der Waals surface area contributed by atoms with Gasteiger partial charge in [-0.05, 0) is 12.1 Å². The van der Waals surface area contributed by atoms with Gasteiger partial charge in [-0.3, -0.25) is 4.68 Å². The van der Waals surface area contributed by atoms with E-state index < -0.39 is 0 Å². The lowest BCUT2D eigenvalue weighted by Crippen LogP contribution is -2.15. The Labute approximate surface area is 105 Å². The van der Waals surface area contributed by atoms with Gasteiger partial charge in [0.2, 0.25) is 6.79 Å². The first-order chi connectivity index (χ1) is 8.84. The third kappa shape index (κ3) is 2.04. The molecule has 94 valence electrons. The van der Waals surface area contributed by atoms with Crippen LogP contribution < -0.4 is 14.8 Å². The highest BCUT2D eigenvalue weighted by molar-refractivity contribution is 5.48. The van der Waals surface area contributed by atoms with Gasteiger partial charge in [0, 0.05) is 31.9 Å². The molecule has 1 aliphatic heterocycles. The Morgan fingerprint density at radius 1 is 1.28 bits per heavy atom. The second-order valence-electron chi connectivity index (χ2n) is 4.20. The third-order valence-corrected chi connectivity index (χ3v) is 3.02. The molecule has 1 aromatic heterocycles. The minimum absolute atomic E-state index is 0.314. The Balaban J connectivity index is 1.64. The second kappa shape index (κ2) is 4.70. The molecule has 5 heteroatoms. The maximum Gasteiger partial charge on any atom is 0.231 e. The highest BCUT2D eigenvalue weighted by Gasteiger charge is 2.16. The van der Waals surface area contributed by atoms with Crippen LogP contribution >= 0.6 is 0 Å². The molecule has 0 saturated heterocycles. The number of ether oxygens (including phenoxy) is 2. The number of para-hydroxylation sites is 1. The average molecular weight is 245 g/mol. The molecular formula is C13H15N3O2. The van der Waals surface area contributed by atoms with Gasteiger partial charge in [-0.15, -0.1) is 0 Å². The number of fused-ring (bicyclic) bond motifs is 1. The van der Waals surface area contributed by atoms with E-state index in [0.717, 1.165) is 35.8 Å². The van der Waals surface area contributed by atoms with Crippen LogP contribution in [0.3, 0.4) is 0 Å². The van der Waals surface area contributed by atoms with E-state index in [9.17, 15) is 0 Å². The van der Waals surface area contributed by atoms with E-state index in [1.165, 1.54) is 0 Å². The Bertz CT molecular complexity index is 551. The Kier molecular flexibility index (Phi) is 2.90. The van der Waals surface area contributed by atoms with E-state index in [-0.39, 0.29) is 0 Å². The normalized spacial score (nSPS) is 12.9. The smallest absolute Gasteiger partial charge is 0.231 e. The van der Waals surface area contributed by atoms with Gasteiger partial charge in [-0.25, -0.2) is 0 Å². The van der Waals surface area contributed by atoms with E-state index in [1.807, 2.05) is 36.0 Å². The van der Waals surface area contributed by atoms with Crippen molar-refractivity contribution in [1.29, 1.82) is 0 Å². The van der Waals surface area contributed by atoms with Crippen molar-refractivity contribution in [2.45, 2.75) is 13.1 Å². The number of nitrogens with one attached hydrogen (secondary N) is 1. The van der Waals surface area contributed by atoms with Crippen molar-refractivity contribution in [1.82, 2.24) is 15.1 Å². The van der Waals surface area contributed by atoms with Gasteiger partial charge in [0.25, 0.3) is 0 Å². The molecule has 5 nitrogen and oxygen atoms in total. The molecule has 0 bridgehead atoms. The van der Waals surface area contributed by atoms with Crippen LogP contribution in [0.1, 0.15) is 11.3 Å². The predicted molar refractivity (Wildman–Crippen MR) is 66.3 cm³/mol. The summed E-state index contributed by atoms with van der Waals surface area (Å²) >= 11 is 0. The molecular weight excluding hydrogens is 230 g/mol. The third-order valence-electron chi connectivity index (χ3n) is 3.02. The quantitative estimate of drug-likeness (QED) is 0.885. The summed E-state index contributed by atoms with van der Waals surface area (Å²) < 4.78 is 12.7. The predicted octanol–water partition coefficient (Wildman–Crippen LogP) is 1.44. The number of benzene rings is 1. The zero-order valence-electron chi connectivity index (χ0n) is 10.2. The summed E-state index contributed by atoms with van der Waals surface area (Å²) in [7, 11) is 1.94. The van der Waals surface area contributed by atoms with Crippen LogP contribution in [0.25, 0.3) is 0 Å². The zero-order chi connectivity index (χ0) is 12.4. The lowest BCUT2D eigenvalue weighted by molar-refractivity contribution is 0.173. The summed E-state index contributed by atoms with van der Waals surface area (Å²) in [6, 6.07) is 7.95. The molecule has 18 heavy (non-hydrogen) atoms. The standard InChI is InChI=1S/C13H15N3O2/c1-16-11(5-6-15-16)8-14-7-10-3-2-4-12-13(10)18-9-17-12/h2-6,14H,7-9H2,1H3. The molecule has 0 radical (unpaired) electrons. The van der Waals surface area contributed by atoms with Crippen LogP contribution in [-0.4, -0.2) is 16.6 Å². The van der Waals surface area contributed by atoms with Crippen molar-refractivity contribution < 1.29 is 9.47 Å². The largest absolute Gasteiger partial charge is 0.454 e. The molecule has 0 amide bonds. The zero-order valence-corrected chi connectivity index (χ0v) is 10.2. The summed E-state index contributed by atoms with van der Waals surface area (Å²) in [6.45, 7) is 1.84. The molecule has 3 rings (SSSR count). The maximum absolute atomic E-state index is 5.46. The number of aromatic nitrogens is 2. The highest BCUT2D eigenvalue weighted by atomic mass is 16.7. The summed E-state index contributed by atoms with van der Waals surface area (Å²) in [6.07, 6.45) is 1.80. The topological polar surface area (TPSA) is 48.3 Å². The molecule has 2 aromatic rings. The van der Waals surface area contributed by atoms with Crippen molar-refractivity contribution in [3.63, 3.8) is 0 Å². The number of hydrogen-bond acceptors (Lipinski definition) is 4.